The maximum Gasteiger partial charge on any atom is 0.274 e. The number of amides is 2. The van der Waals surface area contributed by atoms with E-state index in [0.29, 0.717) is 22.2 Å². The molecule has 3 N–H and O–H groups in total. The van der Waals surface area contributed by atoms with E-state index in [1.807, 2.05) is 12.1 Å². The monoisotopic (exact) mass is 533 g/mol. The van der Waals surface area contributed by atoms with Gasteiger partial charge in [-0.05, 0) is 47.8 Å². The van der Waals surface area contributed by atoms with E-state index in [1.54, 1.807) is 35.2 Å². The summed E-state index contributed by atoms with van der Waals surface area (Å²) in [6.07, 6.45) is 3.61. The first-order valence-electron chi connectivity index (χ1n) is 11.7. The molecule has 4 rings (SSSR count). The van der Waals surface area contributed by atoms with E-state index >= 15 is 0 Å². The number of halogens is 1. The van der Waals surface area contributed by atoms with Crippen LogP contribution in [0.2, 0.25) is 5.02 Å². The number of ether oxygens (including phenoxy) is 2. The number of nitrogens with one attached hydrogen (secondary N) is 1. The normalized spacial score (nSPS) is 16.6. The van der Waals surface area contributed by atoms with Gasteiger partial charge in [0, 0.05) is 29.4 Å². The summed E-state index contributed by atoms with van der Waals surface area (Å²) >= 11 is 4.51. The number of nitrogens with two attached hydrogens (primary N) is 1. The van der Waals surface area contributed by atoms with Crippen molar-refractivity contribution in [3.05, 3.63) is 53.1 Å². The molecule has 0 spiro atoms. The van der Waals surface area contributed by atoms with E-state index in [0.717, 1.165) is 31.2 Å². The van der Waals surface area contributed by atoms with Crippen molar-refractivity contribution in [2.24, 2.45) is 5.73 Å². The van der Waals surface area contributed by atoms with E-state index in [2.05, 4.69) is 5.32 Å². The number of carbonyl (C=O) groups is 3. The highest BCUT2D eigenvalue weighted by molar-refractivity contribution is 7.92. The summed E-state index contributed by atoms with van der Waals surface area (Å²) in [5, 5.41) is 3.17. The van der Waals surface area contributed by atoms with E-state index in [9.17, 15) is 18.9 Å². The molecule has 2 amide bonds. The first kappa shape index (κ1) is 26.3. The molecule has 2 aromatic carbocycles. The molecule has 1 fully saturated rings. The number of fused-ring (bicyclic) bond motifs is 1. The highest BCUT2D eigenvalue weighted by Crippen LogP contribution is 2.34. The van der Waals surface area contributed by atoms with Crippen LogP contribution < -0.4 is 20.5 Å². The predicted octanol–water partition coefficient (Wildman–Crippen LogP) is 2.62. The summed E-state index contributed by atoms with van der Waals surface area (Å²) in [6.45, 7) is 0.370. The lowest BCUT2D eigenvalue weighted by molar-refractivity contribution is -0.134. The molecule has 0 radical (unpaired) electrons. The van der Waals surface area contributed by atoms with Crippen LogP contribution in [0.5, 0.6) is 11.5 Å². The van der Waals surface area contributed by atoms with Crippen LogP contribution in [0.1, 0.15) is 31.2 Å². The SMILES string of the molecule is NC(=O)[C@H](C(=O)C[S+]([O-])CC(=O)Nc1ccc2c(c1)OCO2)N(Cc1ccccc1Cl)C1CCCC1. The standard InChI is InChI=1S/C25H28ClN3O6S/c26-19-8-4-1-5-16(19)12-29(18-6-2-3-7-18)24(25(27)32)20(30)13-36(33)14-23(31)28-17-9-10-21-22(11-17)35-15-34-21/h1,4-5,8-11,18,24H,2-3,6-7,12-15H2,(H2,27,32)(H,28,31)/t24-,36?/m0/s1. The Morgan fingerprint density at radius 1 is 1.11 bits per heavy atom. The highest BCUT2D eigenvalue weighted by atomic mass is 35.5. The van der Waals surface area contributed by atoms with Gasteiger partial charge in [0.25, 0.3) is 5.91 Å². The van der Waals surface area contributed by atoms with Gasteiger partial charge in [-0.3, -0.25) is 19.3 Å². The van der Waals surface area contributed by atoms with Crippen molar-refractivity contribution >= 4 is 46.1 Å². The minimum Gasteiger partial charge on any atom is -0.616 e. The average Bonchev–Trinajstić information content (AvgIpc) is 3.51. The third-order valence-corrected chi connectivity index (χ3v) is 7.82. The van der Waals surface area contributed by atoms with E-state index < -0.39 is 46.3 Å². The van der Waals surface area contributed by atoms with Gasteiger partial charge in [0.15, 0.2) is 29.0 Å². The second-order valence-electron chi connectivity index (χ2n) is 8.82. The van der Waals surface area contributed by atoms with Crippen LogP contribution in [0.3, 0.4) is 0 Å². The summed E-state index contributed by atoms with van der Waals surface area (Å²) in [5.41, 5.74) is 6.91. The number of hydrogen-bond acceptors (Lipinski definition) is 7. The molecule has 1 heterocycles. The fourth-order valence-electron chi connectivity index (χ4n) is 4.60. The third kappa shape index (κ3) is 6.50. The van der Waals surface area contributed by atoms with Crippen LogP contribution in [-0.2, 0) is 32.1 Å². The summed E-state index contributed by atoms with van der Waals surface area (Å²) in [5.74, 6) is -1.70. The van der Waals surface area contributed by atoms with Crippen molar-refractivity contribution in [1.29, 1.82) is 0 Å². The molecular formula is C25H28ClN3O6S. The lowest BCUT2D eigenvalue weighted by atomic mass is 10.0. The van der Waals surface area contributed by atoms with E-state index in [-0.39, 0.29) is 19.4 Å². The van der Waals surface area contributed by atoms with Gasteiger partial charge in [-0.15, -0.1) is 0 Å². The number of benzene rings is 2. The molecule has 11 heteroatoms. The van der Waals surface area contributed by atoms with Gasteiger partial charge in [0.2, 0.25) is 18.5 Å². The number of carbonyl (C=O) groups excluding carboxylic acids is 3. The fraction of sp³-hybridized carbons (Fsp3) is 0.400. The maximum absolute atomic E-state index is 13.2. The van der Waals surface area contributed by atoms with Gasteiger partial charge >= 0.3 is 0 Å². The van der Waals surface area contributed by atoms with Gasteiger partial charge in [0.1, 0.15) is 0 Å². The first-order chi connectivity index (χ1) is 17.3. The van der Waals surface area contributed by atoms with E-state index in [1.165, 1.54) is 0 Å². The Balaban J connectivity index is 1.41. The van der Waals surface area contributed by atoms with Crippen LogP contribution in [0.15, 0.2) is 42.5 Å². The molecule has 1 unspecified atom stereocenters. The average molecular weight is 534 g/mol. The Kier molecular flexibility index (Phi) is 8.73. The Hall–Kier alpha value is -2.79. The summed E-state index contributed by atoms with van der Waals surface area (Å²) < 4.78 is 23.2. The zero-order valence-electron chi connectivity index (χ0n) is 19.6. The van der Waals surface area contributed by atoms with Gasteiger partial charge in [-0.25, -0.2) is 0 Å². The van der Waals surface area contributed by atoms with Crippen molar-refractivity contribution in [2.45, 2.75) is 44.3 Å². The molecule has 0 saturated heterocycles. The number of anilines is 1. The molecule has 0 bridgehead atoms. The fourth-order valence-corrected chi connectivity index (χ4v) is 5.74. The Labute approximate surface area is 217 Å². The molecule has 192 valence electrons. The van der Waals surface area contributed by atoms with Crippen LogP contribution in [0.25, 0.3) is 0 Å². The van der Waals surface area contributed by atoms with Crippen molar-refractivity contribution < 1.29 is 28.4 Å². The second-order valence-corrected chi connectivity index (χ2v) is 10.7. The van der Waals surface area contributed by atoms with Gasteiger partial charge in [-0.1, -0.05) is 42.6 Å². The van der Waals surface area contributed by atoms with Crippen LogP contribution >= 0.6 is 11.6 Å². The molecule has 36 heavy (non-hydrogen) atoms. The summed E-state index contributed by atoms with van der Waals surface area (Å²) in [6, 6.07) is 10.8. The van der Waals surface area contributed by atoms with E-state index in [4.69, 9.17) is 26.8 Å². The molecule has 1 aliphatic carbocycles. The number of nitrogens with zero attached hydrogens (tertiary/aromatic N) is 1. The summed E-state index contributed by atoms with van der Waals surface area (Å²) in [7, 11) is 0. The molecule has 9 nitrogen and oxygen atoms in total. The topological polar surface area (TPSA) is 134 Å². The lowest BCUT2D eigenvalue weighted by Crippen LogP contribution is -2.54. The van der Waals surface area contributed by atoms with Crippen molar-refractivity contribution in [2.75, 3.05) is 23.6 Å². The second kappa shape index (κ2) is 12.0. The quantitative estimate of drug-likeness (QED) is 0.335. The van der Waals surface area contributed by atoms with Crippen molar-refractivity contribution in [1.82, 2.24) is 4.90 Å². The molecule has 1 saturated carbocycles. The van der Waals surface area contributed by atoms with Gasteiger partial charge in [0.05, 0.1) is 0 Å². The van der Waals surface area contributed by atoms with Crippen LogP contribution in [0.4, 0.5) is 5.69 Å². The van der Waals surface area contributed by atoms with Crippen molar-refractivity contribution in [3.63, 3.8) is 0 Å². The van der Waals surface area contributed by atoms with Crippen LogP contribution in [-0.4, -0.2) is 57.4 Å². The van der Waals surface area contributed by atoms with Crippen molar-refractivity contribution in [3.8, 4) is 11.5 Å². The predicted molar refractivity (Wildman–Crippen MR) is 136 cm³/mol. The Bertz CT molecular complexity index is 1130. The number of hydrogen-bond donors (Lipinski definition) is 2. The number of rotatable bonds is 11. The first-order valence-corrected chi connectivity index (χ1v) is 13.5. The molecule has 0 aromatic heterocycles. The Morgan fingerprint density at radius 2 is 1.83 bits per heavy atom. The van der Waals surface area contributed by atoms with Gasteiger partial charge in [-0.2, -0.15) is 0 Å². The molecular weight excluding hydrogens is 506 g/mol. The minimum atomic E-state index is -1.84. The largest absolute Gasteiger partial charge is 0.616 e. The summed E-state index contributed by atoms with van der Waals surface area (Å²) in [4.78, 5) is 39.9. The molecule has 2 aromatic rings. The highest BCUT2D eigenvalue weighted by Gasteiger charge is 2.38. The number of ketones is 1. The third-order valence-electron chi connectivity index (χ3n) is 6.26. The smallest absolute Gasteiger partial charge is 0.274 e. The Morgan fingerprint density at radius 3 is 2.56 bits per heavy atom. The maximum atomic E-state index is 13.2. The zero-order chi connectivity index (χ0) is 25.7. The van der Waals surface area contributed by atoms with Crippen LogP contribution in [0, 0.1) is 0 Å². The van der Waals surface area contributed by atoms with Gasteiger partial charge < -0.3 is 25.1 Å². The molecule has 1 aliphatic heterocycles. The minimum absolute atomic E-state index is 0.0227. The number of primary amides is 1. The zero-order valence-corrected chi connectivity index (χ0v) is 21.2. The lowest BCUT2D eigenvalue weighted by Gasteiger charge is -2.34. The number of Topliss-reactive ketones (excluding diaryl/α,β-unsaturated/α-hetero) is 1. The molecule has 2 aliphatic rings. The molecule has 2 atom stereocenters.